The largest absolute Gasteiger partial charge is 0.366 e. The first-order valence-electron chi connectivity index (χ1n) is 12.2. The first kappa shape index (κ1) is 28.1. The number of aryl methyl sites for hydroxylation is 1. The van der Waals surface area contributed by atoms with Gasteiger partial charge in [0.25, 0.3) is 0 Å². The highest BCUT2D eigenvalue weighted by Gasteiger charge is 2.13. The monoisotopic (exact) mass is 514 g/mol. The molecule has 2 heterocycles. The van der Waals surface area contributed by atoms with E-state index in [0.717, 1.165) is 63.2 Å². The van der Waals surface area contributed by atoms with Crippen LogP contribution in [-0.2, 0) is 11.4 Å². The molecule has 0 aliphatic rings. The van der Waals surface area contributed by atoms with Crippen LogP contribution in [0.4, 0.5) is 0 Å². The molecule has 1 amide bonds. The summed E-state index contributed by atoms with van der Waals surface area (Å²) in [5, 5.41) is 8.12. The number of carbonyl (C=O) groups is 2. The molecule has 4 rings (SSSR count). The maximum atomic E-state index is 10.9. The number of nitrogens with two attached hydrogens (primary N) is 1. The normalized spacial score (nSPS) is 10.4. The number of fused-ring (bicyclic) bond motifs is 1. The molecule has 5 N–H and O–H groups in total. The molecule has 0 fully saturated rings. The van der Waals surface area contributed by atoms with Gasteiger partial charge in [0.2, 0.25) is 5.91 Å². The number of benzene rings is 2. The SMILES string of the molecule is CC(C)=NOC(=C(C)C)c1cc2cc(-c3nc(C=O)[nH]c3C)ccc2[nH]1.CNCc1ccc(C(N)=O)cc1. The Morgan fingerprint density at radius 1 is 1.08 bits per heavy atom. The van der Waals surface area contributed by atoms with Crippen LogP contribution < -0.4 is 11.1 Å². The van der Waals surface area contributed by atoms with Crippen LogP contribution in [0.1, 0.15) is 65.6 Å². The van der Waals surface area contributed by atoms with Crippen LogP contribution in [-0.4, -0.2) is 39.9 Å². The lowest BCUT2D eigenvalue weighted by atomic mass is 10.1. The smallest absolute Gasteiger partial charge is 0.248 e. The lowest BCUT2D eigenvalue weighted by molar-refractivity contribution is 0.0999. The van der Waals surface area contributed by atoms with Gasteiger partial charge in [-0.25, -0.2) is 4.98 Å². The summed E-state index contributed by atoms with van der Waals surface area (Å²) in [6.07, 6.45) is 0.720. The second-order valence-corrected chi connectivity index (χ2v) is 9.25. The Bertz CT molecular complexity index is 1480. The molecule has 0 bridgehead atoms. The average molecular weight is 515 g/mol. The number of nitrogens with zero attached hydrogens (tertiary/aromatic N) is 2. The predicted molar refractivity (Wildman–Crippen MR) is 152 cm³/mol. The van der Waals surface area contributed by atoms with Crippen LogP contribution in [0.15, 0.2) is 59.3 Å². The zero-order chi connectivity index (χ0) is 27.8. The van der Waals surface area contributed by atoms with Gasteiger partial charge in [-0.1, -0.05) is 23.4 Å². The van der Waals surface area contributed by atoms with Crippen LogP contribution in [0.3, 0.4) is 0 Å². The first-order valence-corrected chi connectivity index (χ1v) is 12.2. The number of allylic oxidation sites excluding steroid dienone is 1. The number of aromatic amines is 2. The van der Waals surface area contributed by atoms with Gasteiger partial charge in [0, 0.05) is 34.3 Å². The number of oxime groups is 1. The number of hydrogen-bond acceptors (Lipinski definition) is 6. The molecule has 38 heavy (non-hydrogen) atoms. The molecular weight excluding hydrogens is 480 g/mol. The summed E-state index contributed by atoms with van der Waals surface area (Å²) in [4.78, 5) is 37.9. The van der Waals surface area contributed by atoms with Gasteiger partial charge in [0.05, 0.1) is 17.1 Å². The van der Waals surface area contributed by atoms with Crippen molar-refractivity contribution in [3.8, 4) is 11.3 Å². The van der Waals surface area contributed by atoms with Crippen molar-refractivity contribution in [3.63, 3.8) is 0 Å². The third-order valence-corrected chi connectivity index (χ3v) is 5.55. The maximum Gasteiger partial charge on any atom is 0.248 e. The molecule has 198 valence electrons. The van der Waals surface area contributed by atoms with Gasteiger partial charge in [-0.3, -0.25) is 9.59 Å². The summed E-state index contributed by atoms with van der Waals surface area (Å²) in [6.45, 7) is 10.5. The Labute approximate surface area is 222 Å². The van der Waals surface area contributed by atoms with Gasteiger partial charge in [0.15, 0.2) is 17.9 Å². The molecule has 2 aromatic carbocycles. The molecule has 9 heteroatoms. The van der Waals surface area contributed by atoms with E-state index < -0.39 is 0 Å². The third-order valence-electron chi connectivity index (χ3n) is 5.55. The van der Waals surface area contributed by atoms with E-state index in [4.69, 9.17) is 10.6 Å². The molecule has 9 nitrogen and oxygen atoms in total. The minimum atomic E-state index is -0.383. The zero-order valence-corrected chi connectivity index (χ0v) is 22.6. The number of primary amides is 1. The van der Waals surface area contributed by atoms with Gasteiger partial charge in [-0.05, 0) is 83.1 Å². The van der Waals surface area contributed by atoms with Crippen LogP contribution >= 0.6 is 0 Å². The number of amides is 1. The summed E-state index contributed by atoms with van der Waals surface area (Å²) in [7, 11) is 1.88. The zero-order valence-electron chi connectivity index (χ0n) is 22.6. The highest BCUT2D eigenvalue weighted by molar-refractivity contribution is 5.92. The van der Waals surface area contributed by atoms with Gasteiger partial charge in [0.1, 0.15) is 0 Å². The van der Waals surface area contributed by atoms with Gasteiger partial charge in [-0.15, -0.1) is 0 Å². The van der Waals surface area contributed by atoms with Crippen molar-refractivity contribution >= 4 is 34.6 Å². The van der Waals surface area contributed by atoms with Crippen molar-refractivity contribution in [2.45, 2.75) is 41.2 Å². The predicted octanol–water partition coefficient (Wildman–Crippen LogP) is 5.35. The number of H-pyrrole nitrogens is 2. The fraction of sp³-hybridized carbons (Fsp3) is 0.241. The van der Waals surface area contributed by atoms with E-state index in [9.17, 15) is 9.59 Å². The number of hydrogen-bond donors (Lipinski definition) is 4. The molecule has 0 unspecified atom stereocenters. The van der Waals surface area contributed by atoms with Crippen molar-refractivity contribution in [2.24, 2.45) is 10.9 Å². The summed E-state index contributed by atoms with van der Waals surface area (Å²) in [5.41, 5.74) is 13.1. The van der Waals surface area contributed by atoms with E-state index in [1.54, 1.807) is 12.1 Å². The highest BCUT2D eigenvalue weighted by Crippen LogP contribution is 2.29. The summed E-state index contributed by atoms with van der Waals surface area (Å²) in [6, 6.07) is 15.3. The summed E-state index contributed by atoms with van der Waals surface area (Å²) < 4.78 is 0. The lowest BCUT2D eigenvalue weighted by Gasteiger charge is -2.05. The van der Waals surface area contributed by atoms with Crippen molar-refractivity contribution in [1.82, 2.24) is 20.3 Å². The fourth-order valence-electron chi connectivity index (χ4n) is 3.76. The maximum absolute atomic E-state index is 10.9. The Morgan fingerprint density at radius 2 is 1.79 bits per heavy atom. The minimum absolute atomic E-state index is 0.334. The molecule has 0 aliphatic carbocycles. The molecule has 0 radical (unpaired) electrons. The second kappa shape index (κ2) is 12.6. The molecule has 0 aliphatic heterocycles. The lowest BCUT2D eigenvalue weighted by Crippen LogP contribution is -2.11. The number of rotatable bonds is 8. The van der Waals surface area contributed by atoms with E-state index >= 15 is 0 Å². The van der Waals surface area contributed by atoms with Crippen LogP contribution in [0.2, 0.25) is 0 Å². The first-order chi connectivity index (χ1) is 18.1. The molecule has 4 aromatic rings. The van der Waals surface area contributed by atoms with Gasteiger partial charge >= 0.3 is 0 Å². The topological polar surface area (TPSA) is 138 Å². The molecular formula is C29H34N6O3. The fourth-order valence-corrected chi connectivity index (χ4v) is 3.76. The van der Waals surface area contributed by atoms with E-state index in [2.05, 4.69) is 25.4 Å². The van der Waals surface area contributed by atoms with E-state index in [1.807, 2.05) is 78.1 Å². The standard InChI is InChI=1S/C20H22N4O2.C9H12N2O/c1-11(2)20(26-24-12(3)4)17-9-15-8-14(6-7-16(15)22-17)19-13(5)21-18(10-25)23-19;1-11-6-7-2-4-8(5-3-7)9(10)12/h6-10,22H,1-5H3,(H,21,23);2-5,11H,6H2,1H3,(H2,10,12). The van der Waals surface area contributed by atoms with Crippen molar-refractivity contribution < 1.29 is 14.4 Å². The van der Waals surface area contributed by atoms with Crippen molar-refractivity contribution in [2.75, 3.05) is 7.05 Å². The Balaban J connectivity index is 0.000000279. The molecule has 2 aromatic heterocycles. The van der Waals surface area contributed by atoms with Crippen molar-refractivity contribution in [1.29, 1.82) is 0 Å². The number of imidazole rings is 1. The summed E-state index contributed by atoms with van der Waals surface area (Å²) >= 11 is 0. The molecule has 0 spiro atoms. The Kier molecular flexibility index (Phi) is 9.34. The van der Waals surface area contributed by atoms with Crippen LogP contribution in [0.5, 0.6) is 0 Å². The Hall–Kier alpha value is -4.50. The highest BCUT2D eigenvalue weighted by atomic mass is 16.6. The average Bonchev–Trinajstić information content (AvgIpc) is 3.47. The van der Waals surface area contributed by atoms with Crippen LogP contribution in [0.25, 0.3) is 27.9 Å². The van der Waals surface area contributed by atoms with E-state index in [1.165, 1.54) is 0 Å². The second-order valence-electron chi connectivity index (χ2n) is 9.25. The number of nitrogens with one attached hydrogen (secondary N) is 3. The third kappa shape index (κ3) is 7.04. The van der Waals surface area contributed by atoms with Gasteiger partial charge < -0.3 is 25.9 Å². The molecule has 0 saturated heterocycles. The van der Waals surface area contributed by atoms with E-state index in [0.29, 0.717) is 17.1 Å². The van der Waals surface area contributed by atoms with Gasteiger partial charge in [-0.2, -0.15) is 0 Å². The molecule has 0 saturated carbocycles. The minimum Gasteiger partial charge on any atom is -0.366 e. The number of aromatic nitrogens is 3. The van der Waals surface area contributed by atoms with Crippen molar-refractivity contribution in [3.05, 3.63) is 82.4 Å². The number of carbonyl (C=O) groups excluding carboxylic acids is 2. The van der Waals surface area contributed by atoms with E-state index in [-0.39, 0.29) is 5.91 Å². The molecule has 0 atom stereocenters. The summed E-state index contributed by atoms with van der Waals surface area (Å²) in [5.74, 6) is 0.662. The Morgan fingerprint density at radius 3 is 2.34 bits per heavy atom. The number of aldehydes is 1. The van der Waals surface area contributed by atoms with Crippen LogP contribution in [0, 0.1) is 6.92 Å². The quantitative estimate of drug-likeness (QED) is 0.109.